The first-order chi connectivity index (χ1) is 10.0. The summed E-state index contributed by atoms with van der Waals surface area (Å²) >= 11 is 5.89. The van der Waals surface area contributed by atoms with Crippen LogP contribution in [0, 0.1) is 0 Å². The Hall–Kier alpha value is -1.75. The Bertz CT molecular complexity index is 542. The molecule has 0 aromatic heterocycles. The molecule has 114 valence electrons. The molecule has 2 amide bonds. The van der Waals surface area contributed by atoms with Crippen LogP contribution >= 0.6 is 11.6 Å². The number of hydrogen-bond acceptors (Lipinski definition) is 2. The topological polar surface area (TPSA) is 69.6 Å². The second-order valence-corrected chi connectivity index (χ2v) is 5.59. The molecule has 21 heavy (non-hydrogen) atoms. The zero-order chi connectivity index (χ0) is 15.4. The first-order valence-electron chi connectivity index (χ1n) is 7.13. The second kappa shape index (κ2) is 6.80. The molecule has 1 aliphatic carbocycles. The highest BCUT2D eigenvalue weighted by Gasteiger charge is 2.26. The summed E-state index contributed by atoms with van der Waals surface area (Å²) in [5.41, 5.74) is 0.270. The molecular weight excluding hydrogens is 292 g/mol. The van der Waals surface area contributed by atoms with E-state index >= 15 is 0 Å². The van der Waals surface area contributed by atoms with Crippen LogP contribution in [0.3, 0.4) is 0 Å². The van der Waals surface area contributed by atoms with Crippen molar-refractivity contribution in [1.29, 1.82) is 0 Å². The van der Waals surface area contributed by atoms with Gasteiger partial charge in [-0.3, -0.25) is 0 Å². The molecule has 0 aliphatic heterocycles. The maximum absolute atomic E-state index is 12.4. The lowest BCUT2D eigenvalue weighted by molar-refractivity contribution is 0.0698. The second-order valence-electron chi connectivity index (χ2n) is 5.15. The van der Waals surface area contributed by atoms with Crippen LogP contribution in [0.1, 0.15) is 43.0 Å². The third-order valence-corrected chi connectivity index (χ3v) is 4.06. The number of benzene rings is 1. The Morgan fingerprint density at radius 3 is 2.62 bits per heavy atom. The van der Waals surface area contributed by atoms with E-state index in [1.807, 2.05) is 6.92 Å². The fourth-order valence-electron chi connectivity index (χ4n) is 2.78. The predicted molar refractivity (Wildman–Crippen MR) is 82.1 cm³/mol. The molecule has 1 saturated carbocycles. The summed E-state index contributed by atoms with van der Waals surface area (Å²) in [4.78, 5) is 25.4. The van der Waals surface area contributed by atoms with Crippen molar-refractivity contribution < 1.29 is 14.7 Å². The summed E-state index contributed by atoms with van der Waals surface area (Å²) in [5, 5.41) is 12.2. The first-order valence-corrected chi connectivity index (χ1v) is 7.51. The summed E-state index contributed by atoms with van der Waals surface area (Å²) in [5.74, 6) is -1.09. The Kier molecular flexibility index (Phi) is 5.07. The van der Waals surface area contributed by atoms with Crippen molar-refractivity contribution in [1.82, 2.24) is 4.90 Å². The average molecular weight is 311 g/mol. The van der Waals surface area contributed by atoms with Gasteiger partial charge < -0.3 is 15.3 Å². The minimum absolute atomic E-state index is 0.0372. The number of carbonyl (C=O) groups is 2. The summed E-state index contributed by atoms with van der Waals surface area (Å²) in [6.45, 7) is 2.52. The Morgan fingerprint density at radius 2 is 2.05 bits per heavy atom. The van der Waals surface area contributed by atoms with Crippen LogP contribution in [0.25, 0.3) is 0 Å². The molecule has 0 atom stereocenters. The molecule has 5 nitrogen and oxygen atoms in total. The monoisotopic (exact) mass is 310 g/mol. The lowest BCUT2D eigenvalue weighted by Crippen LogP contribution is -2.41. The summed E-state index contributed by atoms with van der Waals surface area (Å²) in [7, 11) is 0. The van der Waals surface area contributed by atoms with Crippen LogP contribution in [0.5, 0.6) is 0 Å². The molecule has 2 N–H and O–H groups in total. The van der Waals surface area contributed by atoms with Crippen molar-refractivity contribution in [3.05, 3.63) is 28.8 Å². The van der Waals surface area contributed by atoms with E-state index in [-0.39, 0.29) is 23.3 Å². The SMILES string of the molecule is CCN(C(=O)Nc1cc(Cl)ccc1C(=O)O)C1CCCC1. The number of rotatable bonds is 4. The van der Waals surface area contributed by atoms with Gasteiger partial charge in [0, 0.05) is 17.6 Å². The third kappa shape index (κ3) is 3.67. The van der Waals surface area contributed by atoms with Crippen LogP contribution in [0.15, 0.2) is 18.2 Å². The zero-order valence-electron chi connectivity index (χ0n) is 11.9. The highest BCUT2D eigenvalue weighted by molar-refractivity contribution is 6.31. The van der Waals surface area contributed by atoms with Gasteiger partial charge in [-0.25, -0.2) is 9.59 Å². The van der Waals surface area contributed by atoms with Crippen LogP contribution in [-0.2, 0) is 0 Å². The van der Waals surface area contributed by atoms with E-state index < -0.39 is 5.97 Å². The van der Waals surface area contributed by atoms with Crippen molar-refractivity contribution in [2.75, 3.05) is 11.9 Å². The average Bonchev–Trinajstić information content (AvgIpc) is 2.93. The van der Waals surface area contributed by atoms with E-state index in [1.165, 1.54) is 18.2 Å². The first kappa shape index (κ1) is 15.6. The molecule has 2 rings (SSSR count). The molecule has 0 unspecified atom stereocenters. The van der Waals surface area contributed by atoms with Gasteiger partial charge in [0.25, 0.3) is 0 Å². The van der Waals surface area contributed by atoms with Gasteiger partial charge in [-0.05, 0) is 38.0 Å². The van der Waals surface area contributed by atoms with Crippen molar-refractivity contribution in [2.24, 2.45) is 0 Å². The minimum atomic E-state index is -1.09. The van der Waals surface area contributed by atoms with Crippen molar-refractivity contribution in [3.8, 4) is 0 Å². The van der Waals surface area contributed by atoms with Crippen molar-refractivity contribution >= 4 is 29.3 Å². The van der Waals surface area contributed by atoms with Gasteiger partial charge in [0.15, 0.2) is 0 Å². The van der Waals surface area contributed by atoms with Gasteiger partial charge in [-0.15, -0.1) is 0 Å². The van der Waals surface area contributed by atoms with Gasteiger partial charge in [0.2, 0.25) is 0 Å². The van der Waals surface area contributed by atoms with E-state index in [0.717, 1.165) is 25.7 Å². The molecular formula is C15H19ClN2O3. The number of anilines is 1. The smallest absolute Gasteiger partial charge is 0.337 e. The Balaban J connectivity index is 2.18. The highest BCUT2D eigenvalue weighted by Crippen LogP contribution is 2.25. The molecule has 1 aromatic carbocycles. The largest absolute Gasteiger partial charge is 0.478 e. The van der Waals surface area contributed by atoms with Crippen LogP contribution in [-0.4, -0.2) is 34.6 Å². The molecule has 6 heteroatoms. The summed E-state index contributed by atoms with van der Waals surface area (Å²) in [6.07, 6.45) is 4.27. The van der Waals surface area contributed by atoms with E-state index in [1.54, 1.807) is 4.90 Å². The van der Waals surface area contributed by atoms with Crippen molar-refractivity contribution in [3.63, 3.8) is 0 Å². The van der Waals surface area contributed by atoms with Crippen LogP contribution in [0.4, 0.5) is 10.5 Å². The van der Waals surface area contributed by atoms with Crippen molar-refractivity contribution in [2.45, 2.75) is 38.6 Å². The number of aromatic carboxylic acids is 1. The maximum Gasteiger partial charge on any atom is 0.337 e. The fourth-order valence-corrected chi connectivity index (χ4v) is 2.95. The molecule has 1 aromatic rings. The Morgan fingerprint density at radius 1 is 1.38 bits per heavy atom. The van der Waals surface area contributed by atoms with E-state index in [9.17, 15) is 9.59 Å². The van der Waals surface area contributed by atoms with Crippen LogP contribution < -0.4 is 5.32 Å². The number of carboxylic acid groups (broad SMARTS) is 1. The Labute approximate surface area is 128 Å². The number of amides is 2. The zero-order valence-corrected chi connectivity index (χ0v) is 12.7. The fraction of sp³-hybridized carbons (Fsp3) is 0.467. The summed E-state index contributed by atoms with van der Waals surface area (Å²) < 4.78 is 0. The van der Waals surface area contributed by atoms with E-state index in [2.05, 4.69) is 5.32 Å². The van der Waals surface area contributed by atoms with Gasteiger partial charge in [-0.2, -0.15) is 0 Å². The normalized spacial score (nSPS) is 15.0. The third-order valence-electron chi connectivity index (χ3n) is 3.82. The molecule has 0 spiro atoms. The maximum atomic E-state index is 12.4. The van der Waals surface area contributed by atoms with Gasteiger partial charge >= 0.3 is 12.0 Å². The molecule has 1 fully saturated rings. The molecule has 0 bridgehead atoms. The quantitative estimate of drug-likeness (QED) is 0.887. The van der Waals surface area contributed by atoms with Gasteiger partial charge in [-0.1, -0.05) is 24.4 Å². The predicted octanol–water partition coefficient (Wildman–Crippen LogP) is 3.83. The van der Waals surface area contributed by atoms with E-state index in [0.29, 0.717) is 11.6 Å². The van der Waals surface area contributed by atoms with Gasteiger partial charge in [0.1, 0.15) is 0 Å². The number of nitrogens with one attached hydrogen (secondary N) is 1. The number of nitrogens with zero attached hydrogens (tertiary/aromatic N) is 1. The lowest BCUT2D eigenvalue weighted by atomic mass is 10.1. The number of carboxylic acids is 1. The molecule has 0 saturated heterocycles. The van der Waals surface area contributed by atoms with E-state index in [4.69, 9.17) is 16.7 Å². The van der Waals surface area contributed by atoms with Gasteiger partial charge in [0.05, 0.1) is 11.3 Å². The number of urea groups is 1. The number of halogens is 1. The molecule has 0 radical (unpaired) electrons. The summed E-state index contributed by atoms with van der Waals surface area (Å²) in [6, 6.07) is 4.32. The molecule has 1 aliphatic rings. The van der Waals surface area contributed by atoms with Crippen LogP contribution in [0.2, 0.25) is 5.02 Å². The molecule has 0 heterocycles. The highest BCUT2D eigenvalue weighted by atomic mass is 35.5. The minimum Gasteiger partial charge on any atom is -0.478 e. The standard InChI is InChI=1S/C15H19ClN2O3/c1-2-18(11-5-3-4-6-11)15(21)17-13-9-10(16)7-8-12(13)14(19)20/h7-9,11H,2-6H2,1H3,(H,17,21)(H,19,20). The number of carbonyl (C=O) groups excluding carboxylic acids is 1. The number of hydrogen-bond donors (Lipinski definition) is 2. The lowest BCUT2D eigenvalue weighted by Gasteiger charge is -2.28.